The first-order valence-corrected chi connectivity index (χ1v) is 11.8. The molecule has 3 amide bonds. The van der Waals surface area contributed by atoms with Gasteiger partial charge < -0.3 is 20.3 Å². The standard InChI is InChI=1S/C26H30N4O3/c31-25(14-24-2-1-13-33-24)28-22-7-3-18(4-8-22)19-5-9-23(10-6-19)29-26(32)30-16-20-11-12-27-15-21(20)17-30/h3,5-6,9-12,15,22,24H,1-2,4,7-8,13-14,16-17H2,(H,28,31)(H,29,32). The van der Waals surface area contributed by atoms with Crippen LogP contribution < -0.4 is 10.6 Å². The number of urea groups is 1. The van der Waals surface area contributed by atoms with Crippen molar-refractivity contribution in [2.24, 2.45) is 0 Å². The fourth-order valence-corrected chi connectivity index (χ4v) is 4.86. The number of aromatic nitrogens is 1. The van der Waals surface area contributed by atoms with Crippen LogP contribution in [0.4, 0.5) is 10.5 Å². The van der Waals surface area contributed by atoms with E-state index in [0.29, 0.717) is 19.5 Å². The van der Waals surface area contributed by atoms with Crippen LogP contribution in [0, 0.1) is 0 Å². The predicted molar refractivity (Wildman–Crippen MR) is 126 cm³/mol. The SMILES string of the molecule is O=C(CC1CCCO1)NC1CC=C(c2ccc(NC(=O)N3Cc4ccncc4C3)cc2)CC1. The number of rotatable bonds is 5. The van der Waals surface area contributed by atoms with E-state index in [-0.39, 0.29) is 24.1 Å². The van der Waals surface area contributed by atoms with Crippen LogP contribution >= 0.6 is 0 Å². The van der Waals surface area contributed by atoms with Gasteiger partial charge in [0.2, 0.25) is 5.91 Å². The van der Waals surface area contributed by atoms with E-state index in [2.05, 4.69) is 33.8 Å². The first-order valence-electron chi connectivity index (χ1n) is 11.8. The zero-order valence-electron chi connectivity index (χ0n) is 18.8. The maximum atomic E-state index is 12.6. The minimum atomic E-state index is -0.0996. The van der Waals surface area contributed by atoms with Gasteiger partial charge >= 0.3 is 6.03 Å². The normalized spacial score (nSPS) is 21.9. The molecule has 2 unspecified atom stereocenters. The Kier molecular flexibility index (Phi) is 6.39. The van der Waals surface area contributed by atoms with Gasteiger partial charge in [0.25, 0.3) is 0 Å². The van der Waals surface area contributed by atoms with Gasteiger partial charge in [-0.05, 0) is 72.6 Å². The lowest BCUT2D eigenvalue weighted by Crippen LogP contribution is -2.37. The molecule has 1 fully saturated rings. The molecule has 1 aromatic heterocycles. The molecule has 172 valence electrons. The molecular formula is C26H30N4O3. The highest BCUT2D eigenvalue weighted by atomic mass is 16.5. The number of fused-ring (bicyclic) bond motifs is 1. The summed E-state index contributed by atoms with van der Waals surface area (Å²) in [7, 11) is 0. The highest BCUT2D eigenvalue weighted by Gasteiger charge is 2.24. The van der Waals surface area contributed by atoms with Crippen molar-refractivity contribution in [3.05, 3.63) is 65.5 Å². The van der Waals surface area contributed by atoms with Crippen molar-refractivity contribution >= 4 is 23.2 Å². The third-order valence-electron chi connectivity index (χ3n) is 6.73. The number of carbonyl (C=O) groups is 2. The molecule has 5 rings (SSSR count). The van der Waals surface area contributed by atoms with E-state index in [0.717, 1.165) is 61.1 Å². The van der Waals surface area contributed by atoms with E-state index >= 15 is 0 Å². The Bertz CT molecular complexity index is 1020. The molecule has 33 heavy (non-hydrogen) atoms. The van der Waals surface area contributed by atoms with Gasteiger partial charge in [0.05, 0.1) is 12.5 Å². The van der Waals surface area contributed by atoms with Crippen molar-refractivity contribution in [3.8, 4) is 0 Å². The molecule has 0 bridgehead atoms. The second-order valence-corrected chi connectivity index (χ2v) is 9.12. The number of amides is 3. The van der Waals surface area contributed by atoms with Crippen molar-refractivity contribution in [3.63, 3.8) is 0 Å². The van der Waals surface area contributed by atoms with E-state index in [4.69, 9.17) is 4.74 Å². The van der Waals surface area contributed by atoms with Gasteiger partial charge in [0, 0.05) is 43.8 Å². The summed E-state index contributed by atoms with van der Waals surface area (Å²) in [5.41, 5.74) is 5.50. The fourth-order valence-electron chi connectivity index (χ4n) is 4.86. The molecule has 2 aromatic rings. The molecule has 0 spiro atoms. The number of pyridine rings is 1. The third kappa shape index (κ3) is 5.25. The average Bonchev–Trinajstić information content (AvgIpc) is 3.50. The number of nitrogens with zero attached hydrogens (tertiary/aromatic N) is 2. The van der Waals surface area contributed by atoms with E-state index < -0.39 is 0 Å². The highest BCUT2D eigenvalue weighted by molar-refractivity contribution is 5.90. The second kappa shape index (κ2) is 9.75. The Morgan fingerprint density at radius 1 is 1.09 bits per heavy atom. The van der Waals surface area contributed by atoms with Crippen LogP contribution in [-0.4, -0.2) is 40.6 Å². The summed E-state index contributed by atoms with van der Waals surface area (Å²) >= 11 is 0. The number of allylic oxidation sites excluding steroid dienone is 1. The van der Waals surface area contributed by atoms with Crippen molar-refractivity contribution in [2.75, 3.05) is 11.9 Å². The lowest BCUT2D eigenvalue weighted by atomic mass is 9.90. The van der Waals surface area contributed by atoms with Crippen LogP contribution in [-0.2, 0) is 22.6 Å². The monoisotopic (exact) mass is 446 g/mol. The first-order chi connectivity index (χ1) is 16.1. The molecule has 1 aliphatic carbocycles. The van der Waals surface area contributed by atoms with Gasteiger partial charge in [-0.15, -0.1) is 0 Å². The van der Waals surface area contributed by atoms with Gasteiger partial charge in [-0.2, -0.15) is 0 Å². The lowest BCUT2D eigenvalue weighted by Gasteiger charge is -2.24. The number of hydrogen-bond donors (Lipinski definition) is 2. The van der Waals surface area contributed by atoms with Crippen LogP contribution in [0.5, 0.6) is 0 Å². The maximum Gasteiger partial charge on any atom is 0.322 e. The summed E-state index contributed by atoms with van der Waals surface area (Å²) in [5, 5.41) is 6.16. The summed E-state index contributed by atoms with van der Waals surface area (Å²) in [5.74, 6) is 0.0983. The first kappa shape index (κ1) is 21.6. The summed E-state index contributed by atoms with van der Waals surface area (Å²) < 4.78 is 5.56. The maximum absolute atomic E-state index is 12.6. The van der Waals surface area contributed by atoms with Crippen molar-refractivity contribution < 1.29 is 14.3 Å². The molecule has 2 atom stereocenters. The Balaban J connectivity index is 1.11. The van der Waals surface area contributed by atoms with E-state index in [1.807, 2.05) is 24.4 Å². The van der Waals surface area contributed by atoms with Crippen LogP contribution in [0.1, 0.15) is 55.2 Å². The number of hydrogen-bond acceptors (Lipinski definition) is 4. The quantitative estimate of drug-likeness (QED) is 0.719. The van der Waals surface area contributed by atoms with Gasteiger partial charge in [0.15, 0.2) is 0 Å². The summed E-state index contributed by atoms with van der Waals surface area (Å²) in [6.07, 6.45) is 11.1. The topological polar surface area (TPSA) is 83.6 Å². The Hall–Kier alpha value is -3.19. The van der Waals surface area contributed by atoms with Crippen molar-refractivity contribution in [1.82, 2.24) is 15.2 Å². The van der Waals surface area contributed by atoms with Gasteiger partial charge in [-0.25, -0.2) is 4.79 Å². The van der Waals surface area contributed by atoms with Crippen LogP contribution in [0.2, 0.25) is 0 Å². The van der Waals surface area contributed by atoms with Crippen LogP contribution in [0.25, 0.3) is 5.57 Å². The Morgan fingerprint density at radius 2 is 1.94 bits per heavy atom. The van der Waals surface area contributed by atoms with E-state index in [9.17, 15) is 9.59 Å². The lowest BCUT2D eigenvalue weighted by molar-refractivity contribution is -0.124. The zero-order chi connectivity index (χ0) is 22.6. The molecule has 1 aromatic carbocycles. The van der Waals surface area contributed by atoms with Crippen LogP contribution in [0.15, 0.2) is 48.8 Å². The third-order valence-corrected chi connectivity index (χ3v) is 6.73. The zero-order valence-corrected chi connectivity index (χ0v) is 18.8. The van der Waals surface area contributed by atoms with Gasteiger partial charge in [-0.1, -0.05) is 18.2 Å². The minimum Gasteiger partial charge on any atom is -0.378 e. The largest absolute Gasteiger partial charge is 0.378 e. The summed E-state index contributed by atoms with van der Waals surface area (Å²) in [4.78, 5) is 30.8. The van der Waals surface area contributed by atoms with Gasteiger partial charge in [-0.3, -0.25) is 9.78 Å². The molecule has 0 saturated carbocycles. The molecule has 7 heteroatoms. The molecule has 1 saturated heterocycles. The number of benzene rings is 1. The van der Waals surface area contributed by atoms with Gasteiger partial charge in [0.1, 0.15) is 0 Å². The van der Waals surface area contributed by atoms with E-state index in [1.54, 1.807) is 11.1 Å². The number of anilines is 1. The molecule has 2 aliphatic heterocycles. The number of ether oxygens (including phenoxy) is 1. The van der Waals surface area contributed by atoms with Crippen molar-refractivity contribution in [1.29, 1.82) is 0 Å². The minimum absolute atomic E-state index is 0.0940. The number of nitrogens with one attached hydrogen (secondary N) is 2. The second-order valence-electron chi connectivity index (χ2n) is 9.12. The average molecular weight is 447 g/mol. The highest BCUT2D eigenvalue weighted by Crippen LogP contribution is 2.28. The Labute approximate surface area is 194 Å². The molecule has 0 radical (unpaired) electrons. The smallest absolute Gasteiger partial charge is 0.322 e. The van der Waals surface area contributed by atoms with Crippen molar-refractivity contribution in [2.45, 2.75) is 63.8 Å². The summed E-state index contributed by atoms with van der Waals surface area (Å²) in [6.45, 7) is 1.98. The molecule has 3 aliphatic rings. The molecule has 2 N–H and O–H groups in total. The molecule has 3 heterocycles. The Morgan fingerprint density at radius 3 is 2.67 bits per heavy atom. The fraction of sp³-hybridized carbons (Fsp3) is 0.423. The molecular weight excluding hydrogens is 416 g/mol. The molecule has 7 nitrogen and oxygen atoms in total. The van der Waals surface area contributed by atoms with E-state index in [1.165, 1.54) is 5.57 Å². The summed E-state index contributed by atoms with van der Waals surface area (Å²) in [6, 6.07) is 10.1. The number of carbonyl (C=O) groups excluding carboxylic acids is 2. The van der Waals surface area contributed by atoms with Crippen LogP contribution in [0.3, 0.4) is 0 Å². The predicted octanol–water partition coefficient (Wildman–Crippen LogP) is 4.25.